The number of amides is 1. The molecule has 0 aliphatic heterocycles. The van der Waals surface area contributed by atoms with E-state index in [4.69, 9.17) is 25.8 Å². The summed E-state index contributed by atoms with van der Waals surface area (Å²) in [5, 5.41) is 2.98. The molecule has 2 N–H and O–H groups in total. The van der Waals surface area contributed by atoms with Crippen LogP contribution in [0.4, 0.5) is 5.69 Å². The van der Waals surface area contributed by atoms with E-state index in [0.717, 1.165) is 0 Å². The molecule has 2 rings (SSSR count). The number of benzene rings is 2. The highest BCUT2D eigenvalue weighted by atomic mass is 35.5. The smallest absolute Gasteiger partial charge is 0.262 e. The summed E-state index contributed by atoms with van der Waals surface area (Å²) < 4.78 is 44.2. The van der Waals surface area contributed by atoms with Crippen molar-refractivity contribution in [3.8, 4) is 11.5 Å². The van der Waals surface area contributed by atoms with Crippen LogP contribution in [-0.2, 0) is 14.8 Å². The standard InChI is InChI=1S/C21H27ClN2O6S/c1-5-30-10-6-9-23-21(25)15-8-7-14(2)20(11-15)31(26,27)24-17-12-16(22)18(28-3)13-19(17)29-4/h7-8,11-13,24H,5-6,9-10H2,1-4H3,(H,23,25). The Morgan fingerprint density at radius 1 is 1.10 bits per heavy atom. The molecule has 0 atom stereocenters. The Morgan fingerprint density at radius 3 is 2.45 bits per heavy atom. The van der Waals surface area contributed by atoms with E-state index in [0.29, 0.717) is 37.5 Å². The van der Waals surface area contributed by atoms with Crippen LogP contribution in [0.2, 0.25) is 5.02 Å². The lowest BCUT2D eigenvalue weighted by Gasteiger charge is -2.16. The summed E-state index contributed by atoms with van der Waals surface area (Å²) in [4.78, 5) is 12.4. The summed E-state index contributed by atoms with van der Waals surface area (Å²) in [5.41, 5.74) is 0.875. The van der Waals surface area contributed by atoms with Crippen LogP contribution in [0, 0.1) is 6.92 Å². The zero-order valence-corrected chi connectivity index (χ0v) is 19.5. The van der Waals surface area contributed by atoms with Crippen LogP contribution in [0.5, 0.6) is 11.5 Å². The van der Waals surface area contributed by atoms with Crippen LogP contribution < -0.4 is 19.5 Å². The molecule has 170 valence electrons. The van der Waals surface area contributed by atoms with Crippen molar-refractivity contribution in [1.29, 1.82) is 0 Å². The van der Waals surface area contributed by atoms with Crippen molar-refractivity contribution in [2.45, 2.75) is 25.2 Å². The van der Waals surface area contributed by atoms with E-state index in [-0.39, 0.29) is 32.8 Å². The Labute approximate surface area is 187 Å². The summed E-state index contributed by atoms with van der Waals surface area (Å²) in [6.45, 7) is 5.13. The molecule has 31 heavy (non-hydrogen) atoms. The van der Waals surface area contributed by atoms with Crippen LogP contribution in [0.3, 0.4) is 0 Å². The van der Waals surface area contributed by atoms with Crippen molar-refractivity contribution in [2.24, 2.45) is 0 Å². The largest absolute Gasteiger partial charge is 0.495 e. The van der Waals surface area contributed by atoms with E-state index in [2.05, 4.69) is 10.0 Å². The maximum absolute atomic E-state index is 13.1. The number of carbonyl (C=O) groups is 1. The average molecular weight is 471 g/mol. The van der Waals surface area contributed by atoms with Gasteiger partial charge in [-0.1, -0.05) is 17.7 Å². The van der Waals surface area contributed by atoms with Crippen LogP contribution in [0.1, 0.15) is 29.3 Å². The molecule has 8 nitrogen and oxygen atoms in total. The number of hydrogen-bond donors (Lipinski definition) is 2. The van der Waals surface area contributed by atoms with Crippen LogP contribution in [-0.4, -0.2) is 48.3 Å². The van der Waals surface area contributed by atoms with Gasteiger partial charge in [0.1, 0.15) is 11.5 Å². The van der Waals surface area contributed by atoms with Gasteiger partial charge in [-0.2, -0.15) is 0 Å². The minimum absolute atomic E-state index is 0.0246. The van der Waals surface area contributed by atoms with E-state index in [1.165, 1.54) is 32.4 Å². The zero-order chi connectivity index (χ0) is 23.0. The second kappa shape index (κ2) is 11.2. The highest BCUT2D eigenvalue weighted by molar-refractivity contribution is 7.92. The lowest BCUT2D eigenvalue weighted by Crippen LogP contribution is -2.26. The van der Waals surface area contributed by atoms with Gasteiger partial charge in [-0.3, -0.25) is 9.52 Å². The van der Waals surface area contributed by atoms with Gasteiger partial charge in [-0.05, 0) is 44.0 Å². The van der Waals surface area contributed by atoms with E-state index < -0.39 is 10.0 Å². The molecule has 2 aromatic carbocycles. The summed E-state index contributed by atoms with van der Waals surface area (Å²) in [7, 11) is -1.18. The highest BCUT2D eigenvalue weighted by Gasteiger charge is 2.22. The average Bonchev–Trinajstić information content (AvgIpc) is 2.73. The third-order valence-electron chi connectivity index (χ3n) is 4.41. The number of aryl methyl sites for hydroxylation is 1. The molecule has 0 saturated carbocycles. The molecule has 0 spiro atoms. The Morgan fingerprint density at radius 2 is 1.81 bits per heavy atom. The van der Waals surface area contributed by atoms with E-state index >= 15 is 0 Å². The maximum Gasteiger partial charge on any atom is 0.262 e. The number of ether oxygens (including phenoxy) is 3. The van der Waals surface area contributed by atoms with Gasteiger partial charge in [0.05, 0.1) is 29.8 Å². The van der Waals surface area contributed by atoms with Crippen molar-refractivity contribution >= 4 is 33.2 Å². The molecule has 2 aromatic rings. The van der Waals surface area contributed by atoms with Crippen LogP contribution in [0.15, 0.2) is 35.2 Å². The Bertz CT molecular complexity index is 1030. The molecule has 0 unspecified atom stereocenters. The Balaban J connectivity index is 2.26. The first kappa shape index (κ1) is 24.8. The maximum atomic E-state index is 13.1. The fourth-order valence-electron chi connectivity index (χ4n) is 2.79. The van der Waals surface area contributed by atoms with Crippen LogP contribution in [0.25, 0.3) is 0 Å². The zero-order valence-electron chi connectivity index (χ0n) is 18.0. The second-order valence-electron chi connectivity index (χ2n) is 6.58. The van der Waals surface area contributed by atoms with E-state index in [1.807, 2.05) is 6.92 Å². The number of methoxy groups -OCH3 is 2. The molecular formula is C21H27ClN2O6S. The highest BCUT2D eigenvalue weighted by Crippen LogP contribution is 2.37. The van der Waals surface area contributed by atoms with Crippen molar-refractivity contribution in [3.05, 3.63) is 46.5 Å². The van der Waals surface area contributed by atoms with Gasteiger partial charge < -0.3 is 19.5 Å². The first-order chi connectivity index (χ1) is 14.7. The van der Waals surface area contributed by atoms with E-state index in [9.17, 15) is 13.2 Å². The third-order valence-corrected chi connectivity index (χ3v) is 6.22. The van der Waals surface area contributed by atoms with Crippen molar-refractivity contribution in [1.82, 2.24) is 5.32 Å². The Kier molecular flexibility index (Phi) is 8.97. The summed E-state index contributed by atoms with van der Waals surface area (Å²) in [6.07, 6.45) is 0.663. The first-order valence-corrected chi connectivity index (χ1v) is 11.5. The SMILES string of the molecule is CCOCCCNC(=O)c1ccc(C)c(S(=O)(=O)Nc2cc(Cl)c(OC)cc2OC)c1. The summed E-state index contributed by atoms with van der Waals surface area (Å²) in [5.74, 6) is 0.226. The number of carbonyl (C=O) groups excluding carboxylic acids is 1. The number of anilines is 1. The quantitative estimate of drug-likeness (QED) is 0.486. The molecule has 0 bridgehead atoms. The molecule has 0 radical (unpaired) electrons. The van der Waals surface area contributed by atoms with Gasteiger partial charge >= 0.3 is 0 Å². The summed E-state index contributed by atoms with van der Waals surface area (Å²) in [6, 6.07) is 7.40. The summed E-state index contributed by atoms with van der Waals surface area (Å²) >= 11 is 6.13. The lowest BCUT2D eigenvalue weighted by atomic mass is 10.1. The molecule has 0 saturated heterocycles. The molecule has 1 amide bonds. The molecule has 0 heterocycles. The van der Waals surface area contributed by atoms with Gasteiger partial charge in [0.15, 0.2) is 0 Å². The lowest BCUT2D eigenvalue weighted by molar-refractivity contribution is 0.0944. The topological polar surface area (TPSA) is 103 Å². The molecule has 0 aliphatic carbocycles. The van der Waals surface area contributed by atoms with Gasteiger partial charge in [0, 0.05) is 31.4 Å². The monoisotopic (exact) mass is 470 g/mol. The number of rotatable bonds is 11. The van der Waals surface area contributed by atoms with Gasteiger partial charge in [0.2, 0.25) is 0 Å². The number of hydrogen-bond acceptors (Lipinski definition) is 6. The van der Waals surface area contributed by atoms with Crippen molar-refractivity contribution < 1.29 is 27.4 Å². The molecular weight excluding hydrogens is 444 g/mol. The minimum Gasteiger partial charge on any atom is -0.495 e. The van der Waals surface area contributed by atoms with Crippen molar-refractivity contribution in [2.75, 3.05) is 38.7 Å². The number of halogens is 1. The molecule has 0 aliphatic rings. The molecule has 0 fully saturated rings. The predicted molar refractivity (Wildman–Crippen MR) is 120 cm³/mol. The van der Waals surface area contributed by atoms with Crippen molar-refractivity contribution in [3.63, 3.8) is 0 Å². The fraction of sp³-hybridized carbons (Fsp3) is 0.381. The second-order valence-corrected chi connectivity index (χ2v) is 8.64. The van der Waals surface area contributed by atoms with Crippen LogP contribution >= 0.6 is 11.6 Å². The molecule has 0 aromatic heterocycles. The van der Waals surface area contributed by atoms with E-state index in [1.54, 1.807) is 19.1 Å². The predicted octanol–water partition coefficient (Wildman–Crippen LogP) is 3.62. The van der Waals surface area contributed by atoms with Gasteiger partial charge in [-0.25, -0.2) is 8.42 Å². The minimum atomic E-state index is -4.03. The normalized spacial score (nSPS) is 11.1. The third kappa shape index (κ3) is 6.49. The molecule has 10 heteroatoms. The number of nitrogens with one attached hydrogen (secondary N) is 2. The van der Waals surface area contributed by atoms with Gasteiger partial charge in [-0.15, -0.1) is 0 Å². The Hall–Kier alpha value is -2.49. The number of sulfonamides is 1. The fourth-order valence-corrected chi connectivity index (χ4v) is 4.37. The first-order valence-electron chi connectivity index (χ1n) is 9.64. The van der Waals surface area contributed by atoms with Gasteiger partial charge in [0.25, 0.3) is 15.9 Å².